The first-order valence-corrected chi connectivity index (χ1v) is 3.52. The van der Waals surface area contributed by atoms with Gasteiger partial charge in [-0.15, -0.1) is 12.4 Å². The van der Waals surface area contributed by atoms with Gasteiger partial charge in [0.15, 0.2) is 0 Å². The molecule has 1 rings (SSSR count). The Morgan fingerprint density at radius 1 is 1.33 bits per heavy atom. The van der Waals surface area contributed by atoms with Crippen molar-refractivity contribution in [2.75, 3.05) is 13.1 Å². The number of nitrogens with one attached hydrogen (secondary N) is 1. The molecule has 0 spiro atoms. The molecule has 0 aromatic rings. The standard InChI is InChI=1S/C6H11F3N2.ClH/c7-6(8,9)5(10)2-1-3-11-4-5;/h11H,1-4,10H2;1H. The fraction of sp³-hybridized carbons (Fsp3) is 1.00. The summed E-state index contributed by atoms with van der Waals surface area (Å²) in [7, 11) is 0. The van der Waals surface area contributed by atoms with E-state index in [-0.39, 0.29) is 25.4 Å². The molecule has 6 heteroatoms. The van der Waals surface area contributed by atoms with Crippen LogP contribution in [-0.2, 0) is 0 Å². The van der Waals surface area contributed by atoms with Crippen LogP contribution in [0.3, 0.4) is 0 Å². The predicted octanol–water partition coefficient (Wildman–Crippen LogP) is 1.05. The average Bonchev–Trinajstić information content (AvgIpc) is 1.87. The van der Waals surface area contributed by atoms with Crippen LogP contribution in [0.25, 0.3) is 0 Å². The summed E-state index contributed by atoms with van der Waals surface area (Å²) in [5, 5.41) is 2.64. The van der Waals surface area contributed by atoms with Crippen LogP contribution < -0.4 is 11.1 Å². The van der Waals surface area contributed by atoms with Gasteiger partial charge in [-0.05, 0) is 19.4 Å². The molecule has 1 fully saturated rings. The van der Waals surface area contributed by atoms with Gasteiger partial charge in [-0.2, -0.15) is 13.2 Å². The van der Waals surface area contributed by atoms with Gasteiger partial charge >= 0.3 is 6.18 Å². The number of hydrogen-bond donors (Lipinski definition) is 2. The fourth-order valence-corrected chi connectivity index (χ4v) is 1.17. The van der Waals surface area contributed by atoms with Gasteiger partial charge in [-0.25, -0.2) is 0 Å². The molecule has 0 saturated carbocycles. The molecule has 1 unspecified atom stereocenters. The first-order valence-electron chi connectivity index (χ1n) is 3.52. The van der Waals surface area contributed by atoms with Crippen molar-refractivity contribution in [3.8, 4) is 0 Å². The second kappa shape index (κ2) is 3.81. The molecule has 0 radical (unpaired) electrons. The normalized spacial score (nSPS) is 31.0. The average molecular weight is 205 g/mol. The number of rotatable bonds is 0. The third-order valence-electron chi connectivity index (χ3n) is 1.98. The minimum atomic E-state index is -4.28. The molecule has 0 aromatic heterocycles. The second-order valence-corrected chi connectivity index (χ2v) is 2.93. The summed E-state index contributed by atoms with van der Waals surface area (Å²) >= 11 is 0. The molecule has 12 heavy (non-hydrogen) atoms. The fourth-order valence-electron chi connectivity index (χ4n) is 1.17. The Labute approximate surface area is 75.1 Å². The highest BCUT2D eigenvalue weighted by molar-refractivity contribution is 5.85. The van der Waals surface area contributed by atoms with Crippen molar-refractivity contribution in [1.29, 1.82) is 0 Å². The van der Waals surface area contributed by atoms with Gasteiger partial charge < -0.3 is 11.1 Å². The quantitative estimate of drug-likeness (QED) is 0.619. The number of alkyl halides is 3. The first kappa shape index (κ1) is 12.0. The zero-order valence-corrected chi connectivity index (χ0v) is 7.26. The molecular formula is C6H12ClF3N2. The molecule has 1 heterocycles. The van der Waals surface area contributed by atoms with Crippen molar-refractivity contribution < 1.29 is 13.2 Å². The van der Waals surface area contributed by atoms with Gasteiger partial charge in [-0.3, -0.25) is 0 Å². The van der Waals surface area contributed by atoms with E-state index in [1.54, 1.807) is 0 Å². The SMILES string of the molecule is Cl.NC1(C(F)(F)F)CCCNC1. The maximum atomic E-state index is 12.2. The molecular weight excluding hydrogens is 193 g/mol. The van der Waals surface area contributed by atoms with E-state index in [0.29, 0.717) is 13.0 Å². The molecule has 0 aliphatic carbocycles. The van der Waals surface area contributed by atoms with Crippen LogP contribution in [-0.4, -0.2) is 24.8 Å². The third-order valence-corrected chi connectivity index (χ3v) is 1.98. The van der Waals surface area contributed by atoms with Gasteiger partial charge in [-0.1, -0.05) is 0 Å². The van der Waals surface area contributed by atoms with Crippen LogP contribution >= 0.6 is 12.4 Å². The van der Waals surface area contributed by atoms with Crippen LogP contribution in [0.15, 0.2) is 0 Å². The minimum Gasteiger partial charge on any atom is -0.317 e. The summed E-state index contributed by atoms with van der Waals surface area (Å²) < 4.78 is 36.5. The lowest BCUT2D eigenvalue weighted by Crippen LogP contribution is -2.62. The Morgan fingerprint density at radius 2 is 1.92 bits per heavy atom. The van der Waals surface area contributed by atoms with Crippen molar-refractivity contribution in [3.63, 3.8) is 0 Å². The van der Waals surface area contributed by atoms with Gasteiger partial charge in [0, 0.05) is 6.54 Å². The van der Waals surface area contributed by atoms with Crippen molar-refractivity contribution in [2.24, 2.45) is 5.73 Å². The number of piperidine rings is 1. The molecule has 1 atom stereocenters. The molecule has 74 valence electrons. The number of hydrogen-bond acceptors (Lipinski definition) is 2. The highest BCUT2D eigenvalue weighted by atomic mass is 35.5. The maximum Gasteiger partial charge on any atom is 0.407 e. The van der Waals surface area contributed by atoms with E-state index in [1.165, 1.54) is 0 Å². The lowest BCUT2D eigenvalue weighted by molar-refractivity contribution is -0.189. The molecule has 1 saturated heterocycles. The number of halogens is 4. The zero-order chi connectivity index (χ0) is 8.54. The van der Waals surface area contributed by atoms with Gasteiger partial charge in [0.1, 0.15) is 5.54 Å². The van der Waals surface area contributed by atoms with Crippen molar-refractivity contribution in [1.82, 2.24) is 5.32 Å². The van der Waals surface area contributed by atoms with Crippen LogP contribution in [0.5, 0.6) is 0 Å². The highest BCUT2D eigenvalue weighted by Crippen LogP contribution is 2.32. The summed E-state index contributed by atoms with van der Waals surface area (Å²) in [6.45, 7) is 0.478. The zero-order valence-electron chi connectivity index (χ0n) is 6.45. The predicted molar refractivity (Wildman–Crippen MR) is 42.3 cm³/mol. The highest BCUT2D eigenvalue weighted by Gasteiger charge is 2.51. The smallest absolute Gasteiger partial charge is 0.317 e. The van der Waals surface area contributed by atoms with Gasteiger partial charge in [0.2, 0.25) is 0 Å². The Hall–Kier alpha value is -0.0000000000000000486. The summed E-state index contributed by atoms with van der Waals surface area (Å²) in [4.78, 5) is 0. The lowest BCUT2D eigenvalue weighted by Gasteiger charge is -2.35. The lowest BCUT2D eigenvalue weighted by atomic mass is 9.91. The van der Waals surface area contributed by atoms with E-state index >= 15 is 0 Å². The molecule has 1 aliphatic rings. The Balaban J connectivity index is 0.00000121. The second-order valence-electron chi connectivity index (χ2n) is 2.93. The van der Waals surface area contributed by atoms with Crippen LogP contribution in [0.2, 0.25) is 0 Å². The Bertz CT molecular complexity index is 142. The van der Waals surface area contributed by atoms with E-state index in [0.717, 1.165) is 0 Å². The summed E-state index contributed by atoms with van der Waals surface area (Å²) in [5.41, 5.74) is 3.15. The van der Waals surface area contributed by atoms with Crippen LogP contribution in [0.1, 0.15) is 12.8 Å². The molecule has 0 bridgehead atoms. The van der Waals surface area contributed by atoms with E-state index in [4.69, 9.17) is 5.73 Å². The van der Waals surface area contributed by atoms with Crippen molar-refractivity contribution in [2.45, 2.75) is 24.6 Å². The molecule has 3 N–H and O–H groups in total. The van der Waals surface area contributed by atoms with E-state index in [9.17, 15) is 13.2 Å². The summed E-state index contributed by atoms with van der Waals surface area (Å²) in [6.07, 6.45) is -3.75. The van der Waals surface area contributed by atoms with E-state index < -0.39 is 11.7 Å². The van der Waals surface area contributed by atoms with Crippen LogP contribution in [0.4, 0.5) is 13.2 Å². The van der Waals surface area contributed by atoms with E-state index in [2.05, 4.69) is 5.32 Å². The topological polar surface area (TPSA) is 38.0 Å². The summed E-state index contributed by atoms with van der Waals surface area (Å²) in [6, 6.07) is 0. The van der Waals surface area contributed by atoms with Gasteiger partial charge in [0.25, 0.3) is 0 Å². The summed E-state index contributed by atoms with van der Waals surface area (Å²) in [5.74, 6) is 0. The molecule has 0 aromatic carbocycles. The third kappa shape index (κ3) is 2.24. The molecule has 2 nitrogen and oxygen atoms in total. The Morgan fingerprint density at radius 3 is 2.17 bits per heavy atom. The van der Waals surface area contributed by atoms with Crippen molar-refractivity contribution >= 4 is 12.4 Å². The van der Waals surface area contributed by atoms with Crippen molar-refractivity contribution in [3.05, 3.63) is 0 Å². The minimum absolute atomic E-state index is 0. The maximum absolute atomic E-state index is 12.2. The van der Waals surface area contributed by atoms with Crippen LogP contribution in [0, 0.1) is 0 Å². The Kier molecular flexibility index (Phi) is 3.81. The van der Waals surface area contributed by atoms with E-state index in [1.807, 2.05) is 0 Å². The molecule has 1 aliphatic heterocycles. The first-order chi connectivity index (χ1) is 4.96. The molecule has 0 amide bonds. The number of nitrogens with two attached hydrogens (primary N) is 1. The monoisotopic (exact) mass is 204 g/mol. The largest absolute Gasteiger partial charge is 0.407 e. The van der Waals surface area contributed by atoms with Gasteiger partial charge in [0.05, 0.1) is 0 Å².